The van der Waals surface area contributed by atoms with E-state index in [0.29, 0.717) is 26.0 Å². The number of rotatable bonds is 5. The molecule has 0 saturated heterocycles. The second kappa shape index (κ2) is 6.64. The average molecular weight is 172 g/mol. The first-order valence-corrected chi connectivity index (χ1v) is 3.92. The Kier molecular flexibility index (Phi) is 6.05. The van der Waals surface area contributed by atoms with E-state index in [9.17, 15) is 9.59 Å². The molecule has 0 saturated carbocycles. The fourth-order valence-corrected chi connectivity index (χ4v) is 0.694. The summed E-state index contributed by atoms with van der Waals surface area (Å²) in [5.74, 6) is -0.547. The smallest absolute Gasteiger partial charge is 0.305 e. The van der Waals surface area contributed by atoms with E-state index >= 15 is 0 Å². The van der Waals surface area contributed by atoms with Gasteiger partial charge in [-0.3, -0.25) is 9.59 Å². The first-order valence-electron chi connectivity index (χ1n) is 3.92. The Bertz CT molecular complexity index is 156. The molecule has 0 rings (SSSR count). The molecule has 4 nitrogen and oxygen atoms in total. The second-order valence-electron chi connectivity index (χ2n) is 2.26. The molecule has 0 aromatic heterocycles. The molecule has 0 fully saturated rings. The summed E-state index contributed by atoms with van der Waals surface area (Å²) in [6.45, 7) is 5.76. The zero-order chi connectivity index (χ0) is 9.40. The molecule has 12 heavy (non-hydrogen) atoms. The number of carbonyl (C=O) groups excluding carboxylic acids is 2. The highest BCUT2D eigenvalue weighted by atomic mass is 16.5. The minimum absolute atomic E-state index is 0.226. The highest BCUT2D eigenvalue weighted by molar-refractivity contribution is 5.80. The number of nitrogens with one attached hydrogen (secondary N) is 1. The molecule has 1 amide bonds. The summed E-state index contributed by atoms with van der Waals surface area (Å²) in [5.41, 5.74) is 0. The molecule has 1 N–H and O–H groups in total. The van der Waals surface area contributed by atoms with Crippen LogP contribution in [0.5, 0.6) is 0 Å². The molecule has 0 aliphatic rings. The monoisotopic (exact) mass is 172 g/mol. The predicted octanol–water partition coefficient (Wildman–Crippen LogP) is 0.280. The zero-order valence-electron chi connectivity index (χ0n) is 7.26. The van der Waals surface area contributed by atoms with Gasteiger partial charge in [0.25, 0.3) is 0 Å². The number of esters is 1. The Morgan fingerprint density at radius 3 is 2.67 bits per heavy atom. The molecular formula is C8H14NO3. The van der Waals surface area contributed by atoms with E-state index in [4.69, 9.17) is 0 Å². The van der Waals surface area contributed by atoms with E-state index in [1.54, 1.807) is 6.92 Å². The summed E-state index contributed by atoms with van der Waals surface area (Å²) in [5, 5.41) is 2.49. The molecule has 0 atom stereocenters. The lowest BCUT2D eigenvalue weighted by Crippen LogP contribution is -2.21. The molecule has 69 valence electrons. The molecule has 0 aromatic carbocycles. The van der Waals surface area contributed by atoms with Gasteiger partial charge in [-0.05, 0) is 13.3 Å². The predicted molar refractivity (Wildman–Crippen MR) is 44.2 cm³/mol. The molecule has 4 heteroatoms. The number of carbonyl (C=O) groups is 2. The molecule has 0 spiro atoms. The van der Waals surface area contributed by atoms with Gasteiger partial charge in [0.05, 0.1) is 6.61 Å². The van der Waals surface area contributed by atoms with Gasteiger partial charge in [0.2, 0.25) is 5.91 Å². The van der Waals surface area contributed by atoms with Gasteiger partial charge in [-0.15, -0.1) is 0 Å². The quantitative estimate of drug-likeness (QED) is 0.478. The lowest BCUT2D eigenvalue weighted by molar-refractivity contribution is -0.143. The summed E-state index contributed by atoms with van der Waals surface area (Å²) < 4.78 is 4.68. The highest BCUT2D eigenvalue weighted by Crippen LogP contribution is 1.90. The van der Waals surface area contributed by atoms with Crippen molar-refractivity contribution >= 4 is 11.9 Å². The molecule has 1 radical (unpaired) electrons. The minimum Gasteiger partial charge on any atom is -0.466 e. The fourth-order valence-electron chi connectivity index (χ4n) is 0.694. The van der Waals surface area contributed by atoms with Gasteiger partial charge in [-0.25, -0.2) is 0 Å². The second-order valence-corrected chi connectivity index (χ2v) is 2.26. The lowest BCUT2D eigenvalue weighted by atomic mass is 10.3. The van der Waals surface area contributed by atoms with Crippen LogP contribution in [-0.2, 0) is 14.3 Å². The summed E-state index contributed by atoms with van der Waals surface area (Å²) in [6, 6.07) is 0. The number of hydrogen-bond donors (Lipinski definition) is 1. The Hall–Kier alpha value is -1.06. The van der Waals surface area contributed by atoms with Crippen molar-refractivity contribution in [3.05, 3.63) is 6.92 Å². The van der Waals surface area contributed by atoms with Crippen LogP contribution in [0.15, 0.2) is 0 Å². The fraction of sp³-hybridized carbons (Fsp3) is 0.625. The maximum atomic E-state index is 10.7. The normalized spacial score (nSPS) is 9.17. The van der Waals surface area contributed by atoms with Gasteiger partial charge in [0.1, 0.15) is 0 Å². The van der Waals surface area contributed by atoms with Crippen molar-refractivity contribution in [1.29, 1.82) is 0 Å². The van der Waals surface area contributed by atoms with Crippen LogP contribution < -0.4 is 5.32 Å². The van der Waals surface area contributed by atoms with Crippen LogP contribution in [0.4, 0.5) is 0 Å². The lowest BCUT2D eigenvalue weighted by Gasteiger charge is -2.01. The molecule has 0 aromatic rings. The number of amides is 1. The van der Waals surface area contributed by atoms with Crippen molar-refractivity contribution in [3.63, 3.8) is 0 Å². The third-order valence-corrected chi connectivity index (χ3v) is 1.19. The molecule has 0 unspecified atom stereocenters. The van der Waals surface area contributed by atoms with Crippen LogP contribution in [-0.4, -0.2) is 25.0 Å². The van der Waals surface area contributed by atoms with Crippen molar-refractivity contribution < 1.29 is 14.3 Å². The molecule has 0 heterocycles. The summed E-state index contributed by atoms with van der Waals surface area (Å²) in [7, 11) is 0. The molecule has 0 bridgehead atoms. The van der Waals surface area contributed by atoms with E-state index < -0.39 is 0 Å². The third-order valence-electron chi connectivity index (χ3n) is 1.19. The highest BCUT2D eigenvalue weighted by Gasteiger charge is 2.00. The van der Waals surface area contributed by atoms with Gasteiger partial charge in [-0.1, -0.05) is 0 Å². The average Bonchev–Trinajstić information content (AvgIpc) is 1.98. The van der Waals surface area contributed by atoms with Crippen molar-refractivity contribution in [1.82, 2.24) is 5.32 Å². The minimum atomic E-state index is -0.321. The molecular weight excluding hydrogens is 158 g/mol. The Morgan fingerprint density at radius 2 is 2.17 bits per heavy atom. The van der Waals surface area contributed by atoms with Crippen LogP contribution in [0.1, 0.15) is 19.8 Å². The van der Waals surface area contributed by atoms with Crippen molar-refractivity contribution in [2.75, 3.05) is 13.2 Å². The Balaban J connectivity index is 3.19. The van der Waals surface area contributed by atoms with Gasteiger partial charge in [0.15, 0.2) is 0 Å². The van der Waals surface area contributed by atoms with Gasteiger partial charge >= 0.3 is 5.97 Å². The van der Waals surface area contributed by atoms with Gasteiger partial charge < -0.3 is 10.1 Å². The van der Waals surface area contributed by atoms with Gasteiger partial charge in [-0.2, -0.15) is 0 Å². The van der Waals surface area contributed by atoms with Crippen molar-refractivity contribution in [2.45, 2.75) is 19.8 Å². The maximum Gasteiger partial charge on any atom is 0.305 e. The summed E-state index contributed by atoms with van der Waals surface area (Å²) in [4.78, 5) is 21.0. The third kappa shape index (κ3) is 7.05. The SMILES string of the molecule is [CH2]C(=O)NCCCC(=O)OCC. The molecule has 0 aliphatic heterocycles. The number of ether oxygens (including phenoxy) is 1. The van der Waals surface area contributed by atoms with E-state index in [1.165, 1.54) is 0 Å². The van der Waals surface area contributed by atoms with E-state index in [-0.39, 0.29) is 11.9 Å². The summed E-state index contributed by atoms with van der Waals surface area (Å²) in [6.07, 6.45) is 0.939. The van der Waals surface area contributed by atoms with Crippen LogP contribution in [0.25, 0.3) is 0 Å². The molecule has 0 aliphatic carbocycles. The zero-order valence-corrected chi connectivity index (χ0v) is 7.26. The number of hydrogen-bond acceptors (Lipinski definition) is 3. The van der Waals surface area contributed by atoms with Crippen LogP contribution in [0, 0.1) is 6.92 Å². The first-order chi connectivity index (χ1) is 5.66. The van der Waals surface area contributed by atoms with Gasteiger partial charge in [0, 0.05) is 19.9 Å². The Morgan fingerprint density at radius 1 is 1.50 bits per heavy atom. The van der Waals surface area contributed by atoms with Crippen molar-refractivity contribution in [2.24, 2.45) is 0 Å². The largest absolute Gasteiger partial charge is 0.466 e. The van der Waals surface area contributed by atoms with Crippen LogP contribution in [0.2, 0.25) is 0 Å². The summed E-state index contributed by atoms with van der Waals surface area (Å²) >= 11 is 0. The topological polar surface area (TPSA) is 55.4 Å². The Labute approximate surface area is 72.3 Å². The van der Waals surface area contributed by atoms with Crippen molar-refractivity contribution in [3.8, 4) is 0 Å². The van der Waals surface area contributed by atoms with Crippen LogP contribution >= 0.6 is 0 Å². The standard InChI is InChI=1S/C8H14NO3/c1-3-12-8(11)5-4-6-9-7(2)10/h2-6H2,1H3,(H,9,10). The first kappa shape index (κ1) is 10.9. The van der Waals surface area contributed by atoms with E-state index in [2.05, 4.69) is 17.0 Å². The van der Waals surface area contributed by atoms with Crippen LogP contribution in [0.3, 0.4) is 0 Å². The van der Waals surface area contributed by atoms with E-state index in [1.807, 2.05) is 0 Å². The van der Waals surface area contributed by atoms with E-state index in [0.717, 1.165) is 0 Å². The maximum absolute atomic E-state index is 10.7.